The van der Waals surface area contributed by atoms with Crippen LogP contribution < -0.4 is 0 Å². The minimum atomic E-state index is -2.64. The van der Waals surface area contributed by atoms with Crippen LogP contribution in [-0.4, -0.2) is 18.9 Å². The van der Waals surface area contributed by atoms with Gasteiger partial charge in [-0.25, -0.2) is 0 Å². The van der Waals surface area contributed by atoms with Crippen LogP contribution in [0, 0.1) is 0 Å². The van der Waals surface area contributed by atoms with Crippen molar-refractivity contribution in [3.05, 3.63) is 0 Å². The fraction of sp³-hybridized carbons (Fsp3) is 1.00. The van der Waals surface area contributed by atoms with Crippen LogP contribution in [0.25, 0.3) is 0 Å². The standard InChI is InChI=1S/C5H11O3P/c1-5(2)9(6)7-3-4-8-9/h5H,3-4H2,1-2H3. The Morgan fingerprint density at radius 2 is 1.78 bits per heavy atom. The molecule has 0 radical (unpaired) electrons. The predicted molar refractivity (Wildman–Crippen MR) is 34.6 cm³/mol. The van der Waals surface area contributed by atoms with Gasteiger partial charge in [0.15, 0.2) is 0 Å². The van der Waals surface area contributed by atoms with Gasteiger partial charge in [-0.3, -0.25) is 4.57 Å². The van der Waals surface area contributed by atoms with Crippen LogP contribution in [0.1, 0.15) is 13.8 Å². The molecule has 1 fully saturated rings. The highest BCUT2D eigenvalue weighted by atomic mass is 31.2. The van der Waals surface area contributed by atoms with Crippen molar-refractivity contribution in [2.24, 2.45) is 0 Å². The molecule has 1 saturated heterocycles. The first kappa shape index (κ1) is 7.26. The van der Waals surface area contributed by atoms with E-state index in [2.05, 4.69) is 0 Å². The van der Waals surface area contributed by atoms with E-state index in [0.717, 1.165) is 0 Å². The first-order valence-corrected chi connectivity index (χ1v) is 4.65. The van der Waals surface area contributed by atoms with Gasteiger partial charge in [-0.05, 0) is 0 Å². The van der Waals surface area contributed by atoms with Crippen LogP contribution in [0.4, 0.5) is 0 Å². The Bertz CT molecular complexity index is 133. The number of rotatable bonds is 1. The molecule has 1 heterocycles. The van der Waals surface area contributed by atoms with Gasteiger partial charge in [0.2, 0.25) is 0 Å². The zero-order chi connectivity index (χ0) is 6.91. The van der Waals surface area contributed by atoms with Crippen LogP contribution in [0.3, 0.4) is 0 Å². The van der Waals surface area contributed by atoms with Crippen molar-refractivity contribution < 1.29 is 13.6 Å². The first-order valence-electron chi connectivity index (χ1n) is 3.04. The fourth-order valence-corrected chi connectivity index (χ4v) is 1.99. The molecule has 0 N–H and O–H groups in total. The Kier molecular flexibility index (Phi) is 1.94. The molecule has 54 valence electrons. The Morgan fingerprint density at radius 3 is 2.00 bits per heavy atom. The summed E-state index contributed by atoms with van der Waals surface area (Å²) >= 11 is 0. The molecule has 9 heavy (non-hydrogen) atoms. The topological polar surface area (TPSA) is 35.5 Å². The second-order valence-electron chi connectivity index (χ2n) is 2.30. The second kappa shape index (κ2) is 2.41. The Labute approximate surface area is 54.9 Å². The van der Waals surface area contributed by atoms with E-state index >= 15 is 0 Å². The molecule has 0 aromatic rings. The van der Waals surface area contributed by atoms with E-state index in [4.69, 9.17) is 9.05 Å². The van der Waals surface area contributed by atoms with Crippen molar-refractivity contribution in [1.29, 1.82) is 0 Å². The third-order valence-electron chi connectivity index (χ3n) is 1.26. The van der Waals surface area contributed by atoms with E-state index in [-0.39, 0.29) is 5.66 Å². The summed E-state index contributed by atoms with van der Waals surface area (Å²) in [6.45, 7) is 4.64. The molecule has 1 rings (SSSR count). The van der Waals surface area contributed by atoms with Gasteiger partial charge in [0, 0.05) is 0 Å². The molecule has 1 aliphatic heterocycles. The summed E-state index contributed by atoms with van der Waals surface area (Å²) in [5, 5.41) is 0. The molecule has 0 spiro atoms. The lowest BCUT2D eigenvalue weighted by atomic mass is 10.6. The Balaban J connectivity index is 2.62. The Hall–Kier alpha value is 0.150. The molecule has 1 aliphatic rings. The predicted octanol–water partition coefficient (Wildman–Crippen LogP) is 1.63. The van der Waals surface area contributed by atoms with E-state index in [1.165, 1.54) is 0 Å². The van der Waals surface area contributed by atoms with Gasteiger partial charge in [-0.15, -0.1) is 0 Å². The maximum absolute atomic E-state index is 11.3. The largest absolute Gasteiger partial charge is 0.333 e. The van der Waals surface area contributed by atoms with Gasteiger partial charge in [0.05, 0.1) is 18.9 Å². The van der Waals surface area contributed by atoms with Crippen molar-refractivity contribution >= 4 is 7.60 Å². The van der Waals surface area contributed by atoms with E-state index in [1.54, 1.807) is 0 Å². The lowest BCUT2D eigenvalue weighted by Crippen LogP contribution is -1.96. The van der Waals surface area contributed by atoms with E-state index in [9.17, 15) is 4.57 Å². The van der Waals surface area contributed by atoms with Crippen molar-refractivity contribution in [2.75, 3.05) is 13.2 Å². The zero-order valence-corrected chi connectivity index (χ0v) is 6.56. The van der Waals surface area contributed by atoms with Crippen LogP contribution >= 0.6 is 7.60 Å². The lowest BCUT2D eigenvalue weighted by molar-refractivity contribution is 0.343. The van der Waals surface area contributed by atoms with Crippen molar-refractivity contribution in [3.8, 4) is 0 Å². The molecule has 3 nitrogen and oxygen atoms in total. The summed E-state index contributed by atoms with van der Waals surface area (Å²) in [6, 6.07) is 0. The van der Waals surface area contributed by atoms with Gasteiger partial charge in [0.25, 0.3) is 0 Å². The van der Waals surface area contributed by atoms with Gasteiger partial charge in [-0.1, -0.05) is 13.8 Å². The second-order valence-corrected chi connectivity index (χ2v) is 4.93. The maximum Gasteiger partial charge on any atom is 0.333 e. The summed E-state index contributed by atoms with van der Waals surface area (Å²) in [4.78, 5) is 0. The van der Waals surface area contributed by atoms with Crippen molar-refractivity contribution in [3.63, 3.8) is 0 Å². The quantitative estimate of drug-likeness (QED) is 0.533. The fourth-order valence-electron chi connectivity index (χ4n) is 0.664. The van der Waals surface area contributed by atoms with Crippen LogP contribution in [0.5, 0.6) is 0 Å². The molecule has 0 atom stereocenters. The summed E-state index contributed by atoms with van der Waals surface area (Å²) < 4.78 is 21.1. The normalized spacial score (nSPS) is 25.2. The van der Waals surface area contributed by atoms with Gasteiger partial charge in [-0.2, -0.15) is 0 Å². The van der Waals surface area contributed by atoms with Gasteiger partial charge >= 0.3 is 7.60 Å². The van der Waals surface area contributed by atoms with Crippen LogP contribution in [-0.2, 0) is 13.6 Å². The molecule has 0 aromatic carbocycles. The van der Waals surface area contributed by atoms with Crippen LogP contribution in [0.15, 0.2) is 0 Å². The first-order chi connectivity index (χ1) is 4.15. The van der Waals surface area contributed by atoms with E-state index in [0.29, 0.717) is 13.2 Å². The smallest absolute Gasteiger partial charge is 0.306 e. The third-order valence-corrected chi connectivity index (χ3v) is 3.61. The molecule has 4 heteroatoms. The SMILES string of the molecule is CC(C)P1(=O)OCCO1. The minimum absolute atomic E-state index is 0.000000000000000222. The Morgan fingerprint density at radius 1 is 1.33 bits per heavy atom. The number of hydrogen-bond donors (Lipinski definition) is 0. The van der Waals surface area contributed by atoms with Crippen molar-refractivity contribution in [2.45, 2.75) is 19.5 Å². The highest BCUT2D eigenvalue weighted by Gasteiger charge is 2.33. The average Bonchev–Trinajstić information content (AvgIpc) is 2.16. The molecule has 0 aromatic heterocycles. The summed E-state index contributed by atoms with van der Waals surface area (Å²) in [5.41, 5.74) is -0.000000000000000222. The van der Waals surface area contributed by atoms with Crippen molar-refractivity contribution in [1.82, 2.24) is 0 Å². The molecular weight excluding hydrogens is 139 g/mol. The third kappa shape index (κ3) is 1.34. The summed E-state index contributed by atoms with van der Waals surface area (Å²) in [7, 11) is -2.64. The molecule has 0 bridgehead atoms. The highest BCUT2D eigenvalue weighted by Crippen LogP contribution is 2.55. The lowest BCUT2D eigenvalue weighted by Gasteiger charge is -2.11. The molecule has 0 amide bonds. The molecule has 0 unspecified atom stereocenters. The highest BCUT2D eigenvalue weighted by molar-refractivity contribution is 7.54. The zero-order valence-electron chi connectivity index (χ0n) is 5.66. The van der Waals surface area contributed by atoms with Gasteiger partial charge < -0.3 is 9.05 Å². The van der Waals surface area contributed by atoms with E-state index in [1.807, 2.05) is 13.8 Å². The summed E-state index contributed by atoms with van der Waals surface area (Å²) in [6.07, 6.45) is 0. The van der Waals surface area contributed by atoms with Gasteiger partial charge in [0.1, 0.15) is 0 Å². The molecular formula is C5H11O3P. The van der Waals surface area contributed by atoms with E-state index < -0.39 is 7.60 Å². The van der Waals surface area contributed by atoms with Crippen LogP contribution in [0.2, 0.25) is 0 Å². The molecule has 0 saturated carbocycles. The number of hydrogen-bond acceptors (Lipinski definition) is 3. The maximum atomic E-state index is 11.3. The monoisotopic (exact) mass is 150 g/mol. The average molecular weight is 150 g/mol. The summed E-state index contributed by atoms with van der Waals surface area (Å²) in [5.74, 6) is 0. The molecule has 0 aliphatic carbocycles. The minimum Gasteiger partial charge on any atom is -0.306 e.